The maximum absolute atomic E-state index is 13.2. The highest BCUT2D eigenvalue weighted by Gasteiger charge is 2.20. The van der Waals surface area contributed by atoms with Gasteiger partial charge in [-0.15, -0.1) is 0 Å². The summed E-state index contributed by atoms with van der Waals surface area (Å²) in [4.78, 5) is 17.8. The van der Waals surface area contributed by atoms with Crippen LogP contribution in [0.1, 0.15) is 45.7 Å². The van der Waals surface area contributed by atoms with Crippen molar-refractivity contribution in [1.29, 1.82) is 0 Å². The second-order valence-corrected chi connectivity index (χ2v) is 8.86. The summed E-state index contributed by atoms with van der Waals surface area (Å²) in [5.41, 5.74) is 5.45. The molecule has 2 aromatic carbocycles. The number of amides is 1. The molecule has 0 unspecified atom stereocenters. The fraction of sp³-hybridized carbons (Fsp3) is 0.407. The van der Waals surface area contributed by atoms with Gasteiger partial charge in [-0.1, -0.05) is 42.5 Å². The Kier molecular flexibility index (Phi) is 7.38. The Bertz CT molecular complexity index is 1030. The van der Waals surface area contributed by atoms with E-state index in [1.165, 1.54) is 5.56 Å². The van der Waals surface area contributed by atoms with Crippen molar-refractivity contribution in [3.8, 4) is 0 Å². The van der Waals surface area contributed by atoms with Gasteiger partial charge in [0.25, 0.3) is 5.91 Å². The normalized spacial score (nSPS) is 15.0. The van der Waals surface area contributed by atoms with Crippen LogP contribution in [0.5, 0.6) is 0 Å². The van der Waals surface area contributed by atoms with Gasteiger partial charge >= 0.3 is 0 Å². The van der Waals surface area contributed by atoms with Crippen LogP contribution in [-0.4, -0.2) is 58.2 Å². The van der Waals surface area contributed by atoms with Crippen molar-refractivity contribution < 1.29 is 4.79 Å². The van der Waals surface area contributed by atoms with Gasteiger partial charge in [-0.05, 0) is 75.5 Å². The van der Waals surface area contributed by atoms with Gasteiger partial charge in [0.2, 0.25) is 0 Å². The predicted octanol–water partition coefficient (Wildman–Crippen LogP) is 4.33. The van der Waals surface area contributed by atoms with Crippen LogP contribution < -0.4 is 0 Å². The number of aryl methyl sites for hydroxylation is 3. The van der Waals surface area contributed by atoms with E-state index in [9.17, 15) is 4.79 Å². The summed E-state index contributed by atoms with van der Waals surface area (Å²) in [6.45, 7) is 9.50. The molecule has 0 bridgehead atoms. The number of rotatable bonds is 7. The lowest BCUT2D eigenvalue weighted by Crippen LogP contribution is -2.35. The number of aromatic nitrogens is 2. The summed E-state index contributed by atoms with van der Waals surface area (Å²) in [6.07, 6.45) is 3.30. The predicted molar refractivity (Wildman–Crippen MR) is 129 cm³/mol. The third-order valence-electron chi connectivity index (χ3n) is 6.27. The third kappa shape index (κ3) is 5.86. The topological polar surface area (TPSA) is 41.4 Å². The number of hydrogen-bond acceptors (Lipinski definition) is 3. The summed E-state index contributed by atoms with van der Waals surface area (Å²) in [6, 6.07) is 20.8. The van der Waals surface area contributed by atoms with E-state index in [0.717, 1.165) is 74.5 Å². The Hall–Kier alpha value is -2.92. The molecule has 0 saturated carbocycles. The number of carbonyl (C=O) groups excluding carboxylic acids is 1. The Morgan fingerprint density at radius 1 is 0.906 bits per heavy atom. The summed E-state index contributed by atoms with van der Waals surface area (Å²) in [7, 11) is 0. The first kappa shape index (κ1) is 22.3. The molecular weight excluding hydrogens is 396 g/mol. The standard InChI is InChI=1S/C27H34N4O/c1-22-19-23(2)31(28-22)21-25-11-6-13-26(20-25)27(32)30-16-8-15-29(17-18-30)14-7-12-24-9-4-3-5-10-24/h3-6,9-11,13,19-20H,7-8,12,14-18,21H2,1-2H3. The number of nitrogens with zero attached hydrogens (tertiary/aromatic N) is 4. The van der Waals surface area contributed by atoms with Crippen LogP contribution in [0.2, 0.25) is 0 Å². The first-order valence-electron chi connectivity index (χ1n) is 11.7. The van der Waals surface area contributed by atoms with Gasteiger partial charge in [0.1, 0.15) is 0 Å². The van der Waals surface area contributed by atoms with Gasteiger partial charge in [0.05, 0.1) is 12.2 Å². The Morgan fingerprint density at radius 2 is 1.72 bits per heavy atom. The van der Waals surface area contributed by atoms with E-state index >= 15 is 0 Å². The first-order chi connectivity index (χ1) is 15.6. The summed E-state index contributed by atoms with van der Waals surface area (Å²) in [5.74, 6) is 0.145. The smallest absolute Gasteiger partial charge is 0.253 e. The molecule has 1 aliphatic rings. The highest BCUT2D eigenvalue weighted by atomic mass is 16.2. The fourth-order valence-electron chi connectivity index (χ4n) is 4.54. The van der Waals surface area contributed by atoms with Crippen LogP contribution in [0.4, 0.5) is 0 Å². The summed E-state index contributed by atoms with van der Waals surface area (Å²) in [5, 5.41) is 4.55. The zero-order valence-electron chi connectivity index (χ0n) is 19.3. The molecule has 2 heterocycles. The molecule has 168 valence electrons. The maximum atomic E-state index is 13.2. The van der Waals surface area contributed by atoms with Crippen molar-refractivity contribution >= 4 is 5.91 Å². The molecule has 1 amide bonds. The third-order valence-corrected chi connectivity index (χ3v) is 6.27. The fourth-order valence-corrected chi connectivity index (χ4v) is 4.54. The molecule has 0 aliphatic carbocycles. The van der Waals surface area contributed by atoms with E-state index in [-0.39, 0.29) is 5.91 Å². The van der Waals surface area contributed by atoms with Crippen LogP contribution in [0.25, 0.3) is 0 Å². The second-order valence-electron chi connectivity index (χ2n) is 8.86. The van der Waals surface area contributed by atoms with Crippen LogP contribution in [0.15, 0.2) is 60.7 Å². The zero-order chi connectivity index (χ0) is 22.3. The molecule has 0 N–H and O–H groups in total. The van der Waals surface area contributed by atoms with E-state index < -0.39 is 0 Å². The largest absolute Gasteiger partial charge is 0.337 e. The van der Waals surface area contributed by atoms with Gasteiger partial charge in [0, 0.05) is 30.9 Å². The molecule has 5 heteroatoms. The van der Waals surface area contributed by atoms with Gasteiger partial charge < -0.3 is 9.80 Å². The maximum Gasteiger partial charge on any atom is 0.253 e. The van der Waals surface area contributed by atoms with Crippen molar-refractivity contribution in [2.24, 2.45) is 0 Å². The van der Waals surface area contributed by atoms with E-state index in [2.05, 4.69) is 59.4 Å². The lowest BCUT2D eigenvalue weighted by molar-refractivity contribution is 0.0761. The average molecular weight is 431 g/mol. The Balaban J connectivity index is 1.31. The molecule has 3 aromatic rings. The quantitative estimate of drug-likeness (QED) is 0.560. The van der Waals surface area contributed by atoms with Crippen molar-refractivity contribution in [2.75, 3.05) is 32.7 Å². The minimum Gasteiger partial charge on any atom is -0.337 e. The Labute approximate surface area is 191 Å². The molecule has 1 fully saturated rings. The van der Waals surface area contributed by atoms with Gasteiger partial charge in [0.15, 0.2) is 0 Å². The van der Waals surface area contributed by atoms with Gasteiger partial charge in [-0.2, -0.15) is 5.10 Å². The zero-order valence-corrected chi connectivity index (χ0v) is 19.3. The van der Waals surface area contributed by atoms with Gasteiger partial charge in [-0.3, -0.25) is 9.48 Å². The van der Waals surface area contributed by atoms with Crippen LogP contribution in [0, 0.1) is 13.8 Å². The lowest BCUT2D eigenvalue weighted by Gasteiger charge is -2.22. The van der Waals surface area contributed by atoms with Crippen molar-refractivity contribution in [1.82, 2.24) is 19.6 Å². The number of carbonyl (C=O) groups is 1. The molecule has 4 rings (SSSR count). The average Bonchev–Trinajstić information content (AvgIpc) is 2.98. The SMILES string of the molecule is Cc1cc(C)n(Cc2cccc(C(=O)N3CCCN(CCCc4ccccc4)CC3)c2)n1. The molecular formula is C27H34N4O. The first-order valence-corrected chi connectivity index (χ1v) is 11.7. The monoisotopic (exact) mass is 430 g/mol. The van der Waals surface area contributed by atoms with Gasteiger partial charge in [-0.25, -0.2) is 0 Å². The van der Waals surface area contributed by atoms with E-state index in [1.54, 1.807) is 0 Å². The molecule has 32 heavy (non-hydrogen) atoms. The van der Waals surface area contributed by atoms with E-state index in [1.807, 2.05) is 34.7 Å². The summed E-state index contributed by atoms with van der Waals surface area (Å²) < 4.78 is 2.00. The summed E-state index contributed by atoms with van der Waals surface area (Å²) >= 11 is 0. The number of benzene rings is 2. The molecule has 0 atom stereocenters. The molecule has 1 aliphatic heterocycles. The molecule has 0 radical (unpaired) electrons. The molecule has 5 nitrogen and oxygen atoms in total. The number of hydrogen-bond donors (Lipinski definition) is 0. The van der Waals surface area contributed by atoms with E-state index in [0.29, 0.717) is 6.54 Å². The minimum absolute atomic E-state index is 0.145. The van der Waals surface area contributed by atoms with Crippen molar-refractivity contribution in [2.45, 2.75) is 39.7 Å². The van der Waals surface area contributed by atoms with Crippen LogP contribution in [-0.2, 0) is 13.0 Å². The van der Waals surface area contributed by atoms with Crippen molar-refractivity contribution in [3.05, 3.63) is 88.7 Å². The highest BCUT2D eigenvalue weighted by molar-refractivity contribution is 5.94. The van der Waals surface area contributed by atoms with Crippen molar-refractivity contribution in [3.63, 3.8) is 0 Å². The second kappa shape index (κ2) is 10.6. The lowest BCUT2D eigenvalue weighted by atomic mass is 10.1. The van der Waals surface area contributed by atoms with E-state index in [4.69, 9.17) is 0 Å². The minimum atomic E-state index is 0.145. The van der Waals surface area contributed by atoms with Crippen LogP contribution in [0.3, 0.4) is 0 Å². The van der Waals surface area contributed by atoms with Crippen LogP contribution >= 0.6 is 0 Å². The molecule has 0 spiro atoms. The highest BCUT2D eigenvalue weighted by Crippen LogP contribution is 2.14. The molecule has 1 aromatic heterocycles. The molecule has 1 saturated heterocycles. The Morgan fingerprint density at radius 3 is 2.50 bits per heavy atom.